The van der Waals surface area contributed by atoms with Crippen molar-refractivity contribution in [2.45, 2.75) is 283 Å². The van der Waals surface area contributed by atoms with Crippen LogP contribution in [0.25, 0.3) is 0 Å². The number of esters is 2. The van der Waals surface area contributed by atoms with Crippen molar-refractivity contribution in [1.29, 1.82) is 0 Å². The quantitative estimate of drug-likeness (QED) is 0.0282. The fourth-order valence-electron chi connectivity index (χ4n) is 8.66. The molecule has 8 nitrogen and oxygen atoms in total. The molecule has 0 saturated heterocycles. The maximum absolute atomic E-state index is 12.9. The molecule has 366 valence electrons. The van der Waals surface area contributed by atoms with Crippen LogP contribution in [-0.2, 0) is 23.8 Å². The van der Waals surface area contributed by atoms with Gasteiger partial charge in [-0.05, 0) is 116 Å². The molecule has 0 fully saturated rings. The lowest BCUT2D eigenvalue weighted by molar-refractivity contribution is -0.150. The number of amides is 1. The monoisotopic (exact) mass is 877 g/mol. The molecule has 1 aliphatic carbocycles. The standard InChI is InChI=1S/C54H102N2O6.H2/c1-4-7-10-13-16-17-18-27-37-49-60-52(57)43-34-28-36-47-56(48-38-45-55-54(59)62-51-41-31-23-19-24-32-42-51)46-35-26-20-25-33-44-53(58)61-50(39-29-21-14-11-8-5-2)40-30-22-15-12-9-6-3;/h19,23,50-51H,4-18,20-22,24-49H2,1-3H3,(H,55,59);1H/b23-19+;. The van der Waals surface area contributed by atoms with Gasteiger partial charge in [0.2, 0.25) is 0 Å². The second-order valence-electron chi connectivity index (χ2n) is 18.7. The molecule has 0 aromatic heterocycles. The summed E-state index contributed by atoms with van der Waals surface area (Å²) in [6.07, 6.45) is 48.1. The van der Waals surface area contributed by atoms with Gasteiger partial charge in [0.25, 0.3) is 0 Å². The molecule has 8 heteroatoms. The van der Waals surface area contributed by atoms with Crippen LogP contribution < -0.4 is 5.32 Å². The van der Waals surface area contributed by atoms with Crippen LogP contribution in [0.2, 0.25) is 0 Å². The molecule has 1 aliphatic rings. The second kappa shape index (κ2) is 45.5. The summed E-state index contributed by atoms with van der Waals surface area (Å²) >= 11 is 0. The topological polar surface area (TPSA) is 94.2 Å². The Morgan fingerprint density at radius 1 is 0.548 bits per heavy atom. The summed E-state index contributed by atoms with van der Waals surface area (Å²) in [5.74, 6) is -0.0470. The van der Waals surface area contributed by atoms with Crippen molar-refractivity contribution in [2.24, 2.45) is 0 Å². The van der Waals surface area contributed by atoms with Crippen LogP contribution >= 0.6 is 0 Å². The number of carbonyl (C=O) groups is 3. The molecule has 0 saturated carbocycles. The Hall–Kier alpha value is -2.09. The molecule has 0 radical (unpaired) electrons. The summed E-state index contributed by atoms with van der Waals surface area (Å²) < 4.78 is 17.4. The van der Waals surface area contributed by atoms with Gasteiger partial charge in [0.1, 0.15) is 12.2 Å². The van der Waals surface area contributed by atoms with E-state index in [0.717, 1.165) is 135 Å². The molecule has 1 atom stereocenters. The van der Waals surface area contributed by atoms with E-state index >= 15 is 0 Å². The van der Waals surface area contributed by atoms with Gasteiger partial charge in [-0.2, -0.15) is 0 Å². The zero-order valence-corrected chi connectivity index (χ0v) is 41.3. The second-order valence-corrected chi connectivity index (χ2v) is 18.7. The number of rotatable bonds is 44. The Balaban J connectivity index is 0.0000384. The van der Waals surface area contributed by atoms with E-state index in [0.29, 0.717) is 26.0 Å². The SMILES string of the molecule is CCCCCCCCCCCOC(=O)CCCCCN(CCCCCCCC(=O)OC(CCCCCCCC)CCCCCCCC)CCCNC(=O)OC1CC/C=C/CCC1.[HH]. The zero-order valence-electron chi connectivity index (χ0n) is 41.3. The maximum Gasteiger partial charge on any atom is 0.407 e. The highest BCUT2D eigenvalue weighted by atomic mass is 16.6. The molecule has 0 spiro atoms. The normalized spacial score (nSPS) is 14.8. The summed E-state index contributed by atoms with van der Waals surface area (Å²) in [6, 6.07) is 0. The van der Waals surface area contributed by atoms with Crippen LogP contribution in [-0.4, -0.2) is 67.9 Å². The average Bonchev–Trinajstić information content (AvgIpc) is 3.25. The summed E-state index contributed by atoms with van der Waals surface area (Å²) in [4.78, 5) is 40.3. The predicted molar refractivity (Wildman–Crippen MR) is 264 cm³/mol. The number of allylic oxidation sites excluding steroid dienone is 2. The van der Waals surface area contributed by atoms with Crippen LogP contribution in [0.15, 0.2) is 12.2 Å². The lowest BCUT2D eigenvalue weighted by Gasteiger charge is -2.23. The summed E-state index contributed by atoms with van der Waals surface area (Å²) in [6.45, 7) is 10.9. The minimum absolute atomic E-state index is 0. The van der Waals surface area contributed by atoms with Crippen LogP contribution in [0, 0.1) is 0 Å². The number of nitrogens with zero attached hydrogens (tertiary/aromatic N) is 1. The Bertz CT molecular complexity index is 1030. The van der Waals surface area contributed by atoms with Crippen LogP contribution in [0.1, 0.15) is 273 Å². The van der Waals surface area contributed by atoms with Crippen LogP contribution in [0.4, 0.5) is 4.79 Å². The maximum atomic E-state index is 12.9. The van der Waals surface area contributed by atoms with E-state index in [1.807, 2.05) is 0 Å². The minimum Gasteiger partial charge on any atom is -0.466 e. The number of ether oxygens (including phenoxy) is 3. The van der Waals surface area contributed by atoms with E-state index in [1.165, 1.54) is 122 Å². The molecule has 0 aliphatic heterocycles. The van der Waals surface area contributed by atoms with Gasteiger partial charge in [-0.25, -0.2) is 4.79 Å². The highest BCUT2D eigenvalue weighted by molar-refractivity contribution is 5.69. The Morgan fingerprint density at radius 3 is 1.61 bits per heavy atom. The van der Waals surface area contributed by atoms with E-state index < -0.39 is 0 Å². The molecular weight excluding hydrogens is 773 g/mol. The number of carbonyl (C=O) groups excluding carboxylic acids is 3. The van der Waals surface area contributed by atoms with E-state index in [9.17, 15) is 14.4 Å². The van der Waals surface area contributed by atoms with Crippen molar-refractivity contribution >= 4 is 18.0 Å². The molecule has 1 unspecified atom stereocenters. The van der Waals surface area contributed by atoms with Gasteiger partial charge >= 0.3 is 18.0 Å². The van der Waals surface area contributed by atoms with Crippen molar-refractivity contribution < 1.29 is 30.0 Å². The molecule has 1 rings (SSSR count). The molecule has 1 N–H and O–H groups in total. The summed E-state index contributed by atoms with van der Waals surface area (Å²) in [7, 11) is 0. The average molecular weight is 877 g/mol. The van der Waals surface area contributed by atoms with Crippen molar-refractivity contribution in [3.8, 4) is 0 Å². The van der Waals surface area contributed by atoms with Crippen molar-refractivity contribution in [3.63, 3.8) is 0 Å². The molecule has 62 heavy (non-hydrogen) atoms. The van der Waals surface area contributed by atoms with Crippen molar-refractivity contribution in [1.82, 2.24) is 10.2 Å². The number of hydrogen-bond acceptors (Lipinski definition) is 7. The fraction of sp³-hybridized carbons (Fsp3) is 0.907. The number of alkyl carbamates (subject to hydrolysis) is 1. The highest BCUT2D eigenvalue weighted by Crippen LogP contribution is 2.19. The lowest BCUT2D eigenvalue weighted by atomic mass is 10.0. The molecule has 0 bridgehead atoms. The van der Waals surface area contributed by atoms with Gasteiger partial charge in [0.05, 0.1) is 6.61 Å². The van der Waals surface area contributed by atoms with Gasteiger partial charge < -0.3 is 24.4 Å². The number of unbranched alkanes of at least 4 members (excludes halogenated alkanes) is 24. The first-order chi connectivity index (χ1) is 30.5. The third-order valence-electron chi connectivity index (χ3n) is 12.7. The first kappa shape index (κ1) is 57.9. The van der Waals surface area contributed by atoms with Gasteiger partial charge in [-0.1, -0.05) is 174 Å². The smallest absolute Gasteiger partial charge is 0.407 e. The van der Waals surface area contributed by atoms with E-state index in [1.54, 1.807) is 0 Å². The molecule has 0 aromatic rings. The van der Waals surface area contributed by atoms with E-state index in [4.69, 9.17) is 14.2 Å². The molecule has 0 aromatic carbocycles. The van der Waals surface area contributed by atoms with Crippen LogP contribution in [0.3, 0.4) is 0 Å². The Labute approximate surface area is 385 Å². The number of hydrogen-bond donors (Lipinski definition) is 1. The molecular formula is C54H104N2O6. The van der Waals surface area contributed by atoms with Gasteiger partial charge in [-0.15, -0.1) is 0 Å². The van der Waals surface area contributed by atoms with Gasteiger partial charge in [0.15, 0.2) is 0 Å². The fourth-order valence-corrected chi connectivity index (χ4v) is 8.66. The third-order valence-corrected chi connectivity index (χ3v) is 12.7. The minimum atomic E-state index is -0.286. The number of nitrogens with one attached hydrogen (secondary N) is 1. The highest BCUT2D eigenvalue weighted by Gasteiger charge is 2.16. The van der Waals surface area contributed by atoms with Gasteiger partial charge in [-0.3, -0.25) is 9.59 Å². The van der Waals surface area contributed by atoms with E-state index in [2.05, 4.69) is 43.1 Å². The lowest BCUT2D eigenvalue weighted by Crippen LogP contribution is -2.33. The van der Waals surface area contributed by atoms with Crippen molar-refractivity contribution in [2.75, 3.05) is 32.8 Å². The molecule has 0 heterocycles. The van der Waals surface area contributed by atoms with E-state index in [-0.39, 0.29) is 31.7 Å². The molecule has 1 amide bonds. The largest absolute Gasteiger partial charge is 0.466 e. The summed E-state index contributed by atoms with van der Waals surface area (Å²) in [5, 5.41) is 3.00. The zero-order chi connectivity index (χ0) is 44.8. The van der Waals surface area contributed by atoms with Gasteiger partial charge in [0, 0.05) is 20.8 Å². The third kappa shape index (κ3) is 39.5. The van der Waals surface area contributed by atoms with Crippen LogP contribution in [0.5, 0.6) is 0 Å². The first-order valence-electron chi connectivity index (χ1n) is 27.1. The summed E-state index contributed by atoms with van der Waals surface area (Å²) in [5.41, 5.74) is 0. The first-order valence-corrected chi connectivity index (χ1v) is 27.1. The predicted octanol–water partition coefficient (Wildman–Crippen LogP) is 15.9. The Morgan fingerprint density at radius 2 is 1.02 bits per heavy atom. The Kier molecular flexibility index (Phi) is 42.5. The van der Waals surface area contributed by atoms with Crippen molar-refractivity contribution in [3.05, 3.63) is 12.2 Å².